The number of amides is 1. The molecule has 0 unspecified atom stereocenters. The van der Waals surface area contributed by atoms with Crippen LogP contribution in [0.2, 0.25) is 0 Å². The smallest absolute Gasteiger partial charge is 0.339 e. The molecule has 1 aliphatic rings. The third-order valence-corrected chi connectivity index (χ3v) is 3.75. The number of esters is 1. The largest absolute Gasteiger partial charge is 0.465 e. The lowest BCUT2D eigenvalue weighted by atomic mass is 10.1. The van der Waals surface area contributed by atoms with Gasteiger partial charge in [0.2, 0.25) is 5.91 Å². The number of nitrogens with one attached hydrogen (secondary N) is 2. The fourth-order valence-electron chi connectivity index (χ4n) is 2.61. The Hall–Kier alpha value is -1.88. The summed E-state index contributed by atoms with van der Waals surface area (Å²) in [4.78, 5) is 23.6. The van der Waals surface area contributed by atoms with Crippen LogP contribution in [0.4, 0.5) is 5.69 Å². The molecule has 1 saturated carbocycles. The first-order valence-electron chi connectivity index (χ1n) is 7.41. The number of para-hydroxylation sites is 1. The normalized spacial score (nSPS) is 14.9. The van der Waals surface area contributed by atoms with Crippen molar-refractivity contribution in [3.8, 4) is 0 Å². The summed E-state index contributed by atoms with van der Waals surface area (Å²) in [5, 5.41) is 6.17. The van der Waals surface area contributed by atoms with Crippen LogP contribution in [-0.4, -0.2) is 31.6 Å². The molecule has 21 heavy (non-hydrogen) atoms. The Morgan fingerprint density at radius 3 is 2.67 bits per heavy atom. The van der Waals surface area contributed by atoms with Gasteiger partial charge in [-0.1, -0.05) is 25.0 Å². The van der Waals surface area contributed by atoms with Crippen molar-refractivity contribution in [1.29, 1.82) is 0 Å². The number of hydrogen-bond acceptors (Lipinski definition) is 4. The van der Waals surface area contributed by atoms with Gasteiger partial charge in [-0.05, 0) is 25.0 Å². The van der Waals surface area contributed by atoms with Crippen molar-refractivity contribution in [3.63, 3.8) is 0 Å². The minimum atomic E-state index is -0.449. The van der Waals surface area contributed by atoms with Crippen LogP contribution >= 0.6 is 0 Å². The minimum absolute atomic E-state index is 0.100. The Labute approximate surface area is 125 Å². The lowest BCUT2D eigenvalue weighted by Crippen LogP contribution is -2.29. The lowest BCUT2D eigenvalue weighted by molar-refractivity contribution is -0.116. The summed E-state index contributed by atoms with van der Waals surface area (Å²) in [6.07, 6.45) is 5.35. The van der Waals surface area contributed by atoms with Crippen LogP contribution in [0.25, 0.3) is 0 Å². The standard InChI is InChI=1S/C16H22N2O3/c1-21-16(20)13-8-4-5-9-14(13)18-15(19)10-11-17-12-6-2-3-7-12/h4-5,8-9,12,17H,2-3,6-7,10-11H2,1H3,(H,18,19). The van der Waals surface area contributed by atoms with Gasteiger partial charge >= 0.3 is 5.97 Å². The van der Waals surface area contributed by atoms with E-state index < -0.39 is 5.97 Å². The zero-order valence-corrected chi connectivity index (χ0v) is 12.4. The number of carbonyl (C=O) groups is 2. The van der Waals surface area contributed by atoms with Crippen LogP contribution in [0.1, 0.15) is 42.5 Å². The molecule has 1 aromatic rings. The minimum Gasteiger partial charge on any atom is -0.465 e. The highest BCUT2D eigenvalue weighted by Gasteiger charge is 2.15. The van der Waals surface area contributed by atoms with E-state index in [4.69, 9.17) is 4.74 Å². The zero-order valence-electron chi connectivity index (χ0n) is 12.4. The van der Waals surface area contributed by atoms with Gasteiger partial charge < -0.3 is 15.4 Å². The molecular weight excluding hydrogens is 268 g/mol. The molecule has 1 aromatic carbocycles. The predicted molar refractivity (Wildman–Crippen MR) is 81.3 cm³/mol. The highest BCUT2D eigenvalue weighted by Crippen LogP contribution is 2.18. The van der Waals surface area contributed by atoms with Gasteiger partial charge in [0.15, 0.2) is 0 Å². The number of benzene rings is 1. The second kappa shape index (κ2) is 7.78. The summed E-state index contributed by atoms with van der Waals surface area (Å²) in [7, 11) is 1.33. The number of ether oxygens (including phenoxy) is 1. The van der Waals surface area contributed by atoms with Crippen LogP contribution in [0.5, 0.6) is 0 Å². The van der Waals surface area contributed by atoms with Crippen LogP contribution in [0.3, 0.4) is 0 Å². The van der Waals surface area contributed by atoms with Crippen molar-refractivity contribution in [2.45, 2.75) is 38.1 Å². The molecule has 1 amide bonds. The SMILES string of the molecule is COC(=O)c1ccccc1NC(=O)CCNC1CCCC1. The predicted octanol–water partition coefficient (Wildman–Crippen LogP) is 2.33. The van der Waals surface area contributed by atoms with E-state index in [2.05, 4.69) is 10.6 Å². The summed E-state index contributed by atoms with van der Waals surface area (Å²) in [6.45, 7) is 0.664. The van der Waals surface area contributed by atoms with Gasteiger partial charge in [0.1, 0.15) is 0 Å². The number of carbonyl (C=O) groups excluding carboxylic acids is 2. The van der Waals surface area contributed by atoms with Crippen LogP contribution < -0.4 is 10.6 Å². The van der Waals surface area contributed by atoms with Gasteiger partial charge in [-0.3, -0.25) is 4.79 Å². The molecule has 5 heteroatoms. The maximum Gasteiger partial charge on any atom is 0.339 e. The van der Waals surface area contributed by atoms with Crippen molar-refractivity contribution < 1.29 is 14.3 Å². The Morgan fingerprint density at radius 1 is 1.24 bits per heavy atom. The monoisotopic (exact) mass is 290 g/mol. The van der Waals surface area contributed by atoms with Crippen molar-refractivity contribution in [1.82, 2.24) is 5.32 Å². The molecule has 2 rings (SSSR count). The van der Waals surface area contributed by atoms with Gasteiger partial charge in [-0.15, -0.1) is 0 Å². The molecule has 114 valence electrons. The molecule has 0 aromatic heterocycles. The molecule has 0 aliphatic heterocycles. The van der Waals surface area contributed by atoms with Crippen molar-refractivity contribution in [2.75, 3.05) is 19.0 Å². The Kier molecular flexibility index (Phi) is 5.75. The van der Waals surface area contributed by atoms with Gasteiger partial charge in [0, 0.05) is 19.0 Å². The van der Waals surface area contributed by atoms with E-state index in [1.165, 1.54) is 32.8 Å². The molecular formula is C16H22N2O3. The van der Waals surface area contributed by atoms with Crippen LogP contribution in [-0.2, 0) is 9.53 Å². The van der Waals surface area contributed by atoms with E-state index in [-0.39, 0.29) is 5.91 Å². The second-order valence-electron chi connectivity index (χ2n) is 5.27. The lowest BCUT2D eigenvalue weighted by Gasteiger charge is -2.12. The molecule has 0 atom stereocenters. The Balaban J connectivity index is 1.83. The second-order valence-corrected chi connectivity index (χ2v) is 5.27. The zero-order chi connectivity index (χ0) is 15.1. The topological polar surface area (TPSA) is 67.4 Å². The van der Waals surface area contributed by atoms with E-state index in [1.54, 1.807) is 24.3 Å². The Morgan fingerprint density at radius 2 is 1.95 bits per heavy atom. The summed E-state index contributed by atoms with van der Waals surface area (Å²) in [6, 6.07) is 7.41. The molecule has 0 saturated heterocycles. The van der Waals surface area contributed by atoms with Crippen molar-refractivity contribution in [3.05, 3.63) is 29.8 Å². The van der Waals surface area contributed by atoms with E-state index in [1.807, 2.05) is 0 Å². The van der Waals surface area contributed by atoms with Gasteiger partial charge in [-0.25, -0.2) is 4.79 Å². The molecule has 1 fully saturated rings. The van der Waals surface area contributed by atoms with Gasteiger partial charge in [0.25, 0.3) is 0 Å². The number of hydrogen-bond donors (Lipinski definition) is 2. The number of methoxy groups -OCH3 is 1. The average Bonchev–Trinajstić information content (AvgIpc) is 3.00. The number of anilines is 1. The first-order valence-corrected chi connectivity index (χ1v) is 7.41. The molecule has 2 N–H and O–H groups in total. The maximum atomic E-state index is 11.9. The first-order chi connectivity index (χ1) is 10.2. The van der Waals surface area contributed by atoms with E-state index in [9.17, 15) is 9.59 Å². The summed E-state index contributed by atoms with van der Waals surface area (Å²) >= 11 is 0. The third kappa shape index (κ3) is 4.56. The van der Waals surface area contributed by atoms with Gasteiger partial charge in [0.05, 0.1) is 18.4 Å². The highest BCUT2D eigenvalue weighted by molar-refractivity contribution is 6.01. The molecule has 5 nitrogen and oxygen atoms in total. The van der Waals surface area contributed by atoms with E-state index in [0.717, 1.165) is 0 Å². The maximum absolute atomic E-state index is 11.9. The highest BCUT2D eigenvalue weighted by atomic mass is 16.5. The third-order valence-electron chi connectivity index (χ3n) is 3.75. The van der Waals surface area contributed by atoms with Gasteiger partial charge in [-0.2, -0.15) is 0 Å². The molecule has 0 spiro atoms. The first kappa shape index (κ1) is 15.5. The fourth-order valence-corrected chi connectivity index (χ4v) is 2.61. The summed E-state index contributed by atoms with van der Waals surface area (Å²) in [5.74, 6) is -0.549. The average molecular weight is 290 g/mol. The summed E-state index contributed by atoms with van der Waals surface area (Å²) in [5.41, 5.74) is 0.868. The molecule has 1 aliphatic carbocycles. The molecule has 0 radical (unpaired) electrons. The molecule has 0 bridgehead atoms. The summed E-state index contributed by atoms with van der Waals surface area (Å²) < 4.78 is 4.70. The van der Waals surface area contributed by atoms with Crippen LogP contribution in [0.15, 0.2) is 24.3 Å². The Bertz CT molecular complexity index is 496. The van der Waals surface area contributed by atoms with Crippen molar-refractivity contribution in [2.24, 2.45) is 0 Å². The quantitative estimate of drug-likeness (QED) is 0.789. The van der Waals surface area contributed by atoms with E-state index in [0.29, 0.717) is 30.3 Å². The van der Waals surface area contributed by atoms with Crippen LogP contribution in [0, 0.1) is 0 Å². The number of rotatable bonds is 6. The van der Waals surface area contributed by atoms with E-state index >= 15 is 0 Å². The molecule has 0 heterocycles. The van der Waals surface area contributed by atoms with Crippen molar-refractivity contribution >= 4 is 17.6 Å². The fraction of sp³-hybridized carbons (Fsp3) is 0.500.